The predicted molar refractivity (Wildman–Crippen MR) is 76.5 cm³/mol. The van der Waals surface area contributed by atoms with Gasteiger partial charge in [0.25, 0.3) is 0 Å². The summed E-state index contributed by atoms with van der Waals surface area (Å²) in [6, 6.07) is 7.89. The highest BCUT2D eigenvalue weighted by atomic mass is 16.5. The minimum absolute atomic E-state index is 0.0443. The molecule has 4 heteroatoms. The molecule has 2 rings (SSSR count). The Hall–Kier alpha value is -1.81. The normalized spacial score (nSPS) is 12.7. The first kappa shape index (κ1) is 13.6. The topological polar surface area (TPSA) is 53.1 Å². The van der Waals surface area contributed by atoms with Gasteiger partial charge < -0.3 is 10.5 Å². The van der Waals surface area contributed by atoms with Crippen molar-refractivity contribution in [2.24, 2.45) is 11.7 Å². The van der Waals surface area contributed by atoms with E-state index in [9.17, 15) is 0 Å². The number of rotatable bonds is 5. The number of imidazole rings is 1. The summed E-state index contributed by atoms with van der Waals surface area (Å²) in [7, 11) is 0. The molecule has 2 aromatic rings. The molecule has 1 atom stereocenters. The summed E-state index contributed by atoms with van der Waals surface area (Å²) in [5.41, 5.74) is 8.22. The second kappa shape index (κ2) is 5.89. The molecular formula is C15H21N3O. The van der Waals surface area contributed by atoms with Crippen LogP contribution in [-0.2, 0) is 0 Å². The maximum atomic E-state index is 6.24. The van der Waals surface area contributed by atoms with Crippen LogP contribution in [0, 0.1) is 5.92 Å². The Morgan fingerprint density at radius 2 is 2.05 bits per heavy atom. The Kier molecular flexibility index (Phi) is 4.22. The van der Waals surface area contributed by atoms with Crippen molar-refractivity contribution >= 4 is 0 Å². The van der Waals surface area contributed by atoms with Gasteiger partial charge in [-0.2, -0.15) is 0 Å². The fourth-order valence-corrected chi connectivity index (χ4v) is 2.03. The van der Waals surface area contributed by atoms with Crippen LogP contribution in [0.2, 0.25) is 0 Å². The van der Waals surface area contributed by atoms with Crippen molar-refractivity contribution in [1.82, 2.24) is 9.55 Å². The summed E-state index contributed by atoms with van der Waals surface area (Å²) in [5, 5.41) is 0. The molecule has 0 bridgehead atoms. The highest BCUT2D eigenvalue weighted by Crippen LogP contribution is 2.27. The second-order valence-corrected chi connectivity index (χ2v) is 4.86. The van der Waals surface area contributed by atoms with Crippen LogP contribution in [0.4, 0.5) is 0 Å². The quantitative estimate of drug-likeness (QED) is 0.898. The van der Waals surface area contributed by atoms with Gasteiger partial charge in [-0.1, -0.05) is 26.0 Å². The largest absolute Gasteiger partial charge is 0.492 e. The van der Waals surface area contributed by atoms with Crippen LogP contribution in [0.15, 0.2) is 36.8 Å². The zero-order valence-electron chi connectivity index (χ0n) is 11.7. The maximum absolute atomic E-state index is 6.24. The lowest BCUT2D eigenvalue weighted by Gasteiger charge is -2.19. The summed E-state index contributed by atoms with van der Waals surface area (Å²) in [6.07, 6.45) is 3.61. The highest BCUT2D eigenvalue weighted by Gasteiger charge is 2.17. The van der Waals surface area contributed by atoms with Gasteiger partial charge in [-0.15, -0.1) is 0 Å². The first-order valence-electron chi connectivity index (χ1n) is 6.65. The van der Waals surface area contributed by atoms with Crippen molar-refractivity contribution in [2.75, 3.05) is 6.61 Å². The van der Waals surface area contributed by atoms with Crippen LogP contribution in [-0.4, -0.2) is 16.2 Å². The second-order valence-electron chi connectivity index (χ2n) is 4.86. The van der Waals surface area contributed by atoms with E-state index in [1.54, 1.807) is 6.33 Å². The number of nitrogens with zero attached hydrogens (tertiary/aromatic N) is 2. The number of hydrogen-bond donors (Lipinski definition) is 1. The molecule has 4 nitrogen and oxygen atoms in total. The molecule has 1 aromatic heterocycles. The van der Waals surface area contributed by atoms with E-state index >= 15 is 0 Å². The summed E-state index contributed by atoms with van der Waals surface area (Å²) < 4.78 is 7.68. The minimum Gasteiger partial charge on any atom is -0.492 e. The molecule has 19 heavy (non-hydrogen) atoms. The Bertz CT molecular complexity index is 534. The predicted octanol–water partition coefficient (Wildman–Crippen LogP) is 2.93. The zero-order chi connectivity index (χ0) is 13.8. The first-order valence-corrected chi connectivity index (χ1v) is 6.65. The number of para-hydroxylation sites is 2. The third-order valence-electron chi connectivity index (χ3n) is 3.15. The van der Waals surface area contributed by atoms with Crippen molar-refractivity contribution in [3.63, 3.8) is 0 Å². The average Bonchev–Trinajstić information content (AvgIpc) is 2.87. The summed E-state index contributed by atoms with van der Waals surface area (Å²) in [6.45, 7) is 6.83. The Labute approximate surface area is 114 Å². The molecule has 0 aliphatic heterocycles. The number of benzene rings is 1. The maximum Gasteiger partial charge on any atom is 0.143 e. The number of aromatic nitrogens is 2. The van der Waals surface area contributed by atoms with Gasteiger partial charge in [0.15, 0.2) is 0 Å². The van der Waals surface area contributed by atoms with E-state index in [0.29, 0.717) is 12.5 Å². The van der Waals surface area contributed by atoms with Crippen molar-refractivity contribution in [3.8, 4) is 11.4 Å². The van der Waals surface area contributed by atoms with Crippen molar-refractivity contribution in [1.29, 1.82) is 0 Å². The van der Waals surface area contributed by atoms with Gasteiger partial charge in [-0.3, -0.25) is 4.57 Å². The molecule has 0 fully saturated rings. The SMILES string of the molecule is CCOc1ccccc1-n1cncc1C(N)C(C)C. The molecule has 0 aliphatic rings. The van der Waals surface area contributed by atoms with Crippen molar-refractivity contribution < 1.29 is 4.74 Å². The van der Waals surface area contributed by atoms with Crippen LogP contribution < -0.4 is 10.5 Å². The molecule has 1 heterocycles. The van der Waals surface area contributed by atoms with E-state index in [1.165, 1.54) is 0 Å². The van der Waals surface area contributed by atoms with E-state index in [-0.39, 0.29) is 6.04 Å². The van der Waals surface area contributed by atoms with Gasteiger partial charge in [0.2, 0.25) is 0 Å². The van der Waals surface area contributed by atoms with Gasteiger partial charge >= 0.3 is 0 Å². The van der Waals surface area contributed by atoms with Crippen LogP contribution in [0.25, 0.3) is 5.69 Å². The van der Waals surface area contributed by atoms with Crippen LogP contribution in [0.1, 0.15) is 32.5 Å². The molecule has 102 valence electrons. The standard InChI is InChI=1S/C15H21N3O/c1-4-19-14-8-6-5-7-12(14)18-10-17-9-13(18)15(16)11(2)3/h5-11,15H,4,16H2,1-3H3. The first-order chi connectivity index (χ1) is 9.15. The smallest absolute Gasteiger partial charge is 0.143 e. The van der Waals surface area contributed by atoms with E-state index in [0.717, 1.165) is 17.1 Å². The molecule has 1 aromatic carbocycles. The number of ether oxygens (including phenoxy) is 1. The summed E-state index contributed by atoms with van der Waals surface area (Å²) >= 11 is 0. The summed E-state index contributed by atoms with van der Waals surface area (Å²) in [5.74, 6) is 1.20. The van der Waals surface area contributed by atoms with E-state index < -0.39 is 0 Å². The fraction of sp³-hybridized carbons (Fsp3) is 0.400. The Balaban J connectivity index is 2.45. The van der Waals surface area contributed by atoms with Gasteiger partial charge in [-0.25, -0.2) is 4.98 Å². The molecule has 0 amide bonds. The molecule has 1 unspecified atom stereocenters. The average molecular weight is 259 g/mol. The third-order valence-corrected chi connectivity index (χ3v) is 3.15. The van der Waals surface area contributed by atoms with Crippen LogP contribution in [0.5, 0.6) is 5.75 Å². The molecular weight excluding hydrogens is 238 g/mol. The minimum atomic E-state index is -0.0443. The van der Waals surface area contributed by atoms with E-state index in [1.807, 2.05) is 42.0 Å². The van der Waals surface area contributed by atoms with E-state index in [2.05, 4.69) is 18.8 Å². The Morgan fingerprint density at radius 3 is 2.74 bits per heavy atom. The lowest BCUT2D eigenvalue weighted by Crippen LogP contribution is -2.20. The van der Waals surface area contributed by atoms with Gasteiger partial charge in [0, 0.05) is 6.04 Å². The van der Waals surface area contributed by atoms with E-state index in [4.69, 9.17) is 10.5 Å². The fourth-order valence-electron chi connectivity index (χ4n) is 2.03. The van der Waals surface area contributed by atoms with Crippen LogP contribution in [0.3, 0.4) is 0 Å². The molecule has 0 radical (unpaired) electrons. The third kappa shape index (κ3) is 2.79. The zero-order valence-corrected chi connectivity index (χ0v) is 11.7. The molecule has 0 aliphatic carbocycles. The van der Waals surface area contributed by atoms with Gasteiger partial charge in [0.05, 0.1) is 30.5 Å². The van der Waals surface area contributed by atoms with Gasteiger partial charge in [0.1, 0.15) is 5.75 Å². The van der Waals surface area contributed by atoms with Crippen molar-refractivity contribution in [2.45, 2.75) is 26.8 Å². The number of hydrogen-bond acceptors (Lipinski definition) is 3. The monoisotopic (exact) mass is 259 g/mol. The summed E-state index contributed by atoms with van der Waals surface area (Å²) in [4.78, 5) is 4.23. The van der Waals surface area contributed by atoms with Gasteiger partial charge in [-0.05, 0) is 25.0 Å². The Morgan fingerprint density at radius 1 is 1.32 bits per heavy atom. The molecule has 0 spiro atoms. The van der Waals surface area contributed by atoms with Crippen molar-refractivity contribution in [3.05, 3.63) is 42.5 Å². The highest BCUT2D eigenvalue weighted by molar-refractivity contribution is 5.47. The van der Waals surface area contributed by atoms with Crippen LogP contribution >= 0.6 is 0 Å². The molecule has 2 N–H and O–H groups in total. The molecule has 0 saturated carbocycles. The lowest BCUT2D eigenvalue weighted by atomic mass is 10.0. The number of nitrogens with two attached hydrogens (primary N) is 1. The lowest BCUT2D eigenvalue weighted by molar-refractivity contribution is 0.338. The molecule has 0 saturated heterocycles.